The lowest BCUT2D eigenvalue weighted by atomic mass is 9.83. The minimum Gasteiger partial charge on any atom is -0.351 e. The van der Waals surface area contributed by atoms with E-state index in [1.54, 1.807) is 12.9 Å². The number of ketones is 1. The molecule has 0 bridgehead atoms. The summed E-state index contributed by atoms with van der Waals surface area (Å²) < 4.78 is 0. The lowest BCUT2D eigenvalue weighted by Gasteiger charge is -2.25. The first kappa shape index (κ1) is 18.4. The highest BCUT2D eigenvalue weighted by Gasteiger charge is 2.31. The average molecular weight is 338 g/mol. The Labute approximate surface area is 146 Å². The zero-order valence-corrected chi connectivity index (χ0v) is 14.8. The predicted octanol–water partition coefficient (Wildman–Crippen LogP) is 3.22. The van der Waals surface area contributed by atoms with Gasteiger partial charge in [-0.3, -0.25) is 9.59 Å². The second kappa shape index (κ2) is 7.77. The van der Waals surface area contributed by atoms with Gasteiger partial charge in [0.2, 0.25) is 5.56 Å². The SMILES string of the molecule is C=C1C(NC=C=O)=C(/C(C)=C\CCCC)C(=O)c2c(C)cc(=O)[nH]c21. The first-order valence-electron chi connectivity index (χ1n) is 8.27. The zero-order valence-electron chi connectivity index (χ0n) is 14.8. The molecule has 2 rings (SSSR count). The second-order valence-corrected chi connectivity index (χ2v) is 6.06. The summed E-state index contributed by atoms with van der Waals surface area (Å²) in [5.41, 5.74) is 3.33. The molecular weight excluding hydrogens is 316 g/mol. The van der Waals surface area contributed by atoms with Crippen LogP contribution in [0.1, 0.15) is 54.7 Å². The molecule has 1 aliphatic carbocycles. The maximum Gasteiger partial charge on any atom is 0.248 e. The number of aromatic amines is 1. The van der Waals surface area contributed by atoms with Crippen LogP contribution < -0.4 is 10.9 Å². The summed E-state index contributed by atoms with van der Waals surface area (Å²) in [4.78, 5) is 38.2. The third-order valence-corrected chi connectivity index (χ3v) is 4.23. The molecule has 0 amide bonds. The van der Waals surface area contributed by atoms with Crippen LogP contribution in [0, 0.1) is 6.92 Å². The van der Waals surface area contributed by atoms with Gasteiger partial charge in [0.1, 0.15) is 5.94 Å². The Hall–Kier alpha value is -2.91. The lowest BCUT2D eigenvalue weighted by Crippen LogP contribution is -2.26. The van der Waals surface area contributed by atoms with Gasteiger partial charge in [0.25, 0.3) is 0 Å². The molecular formula is C20H22N2O3. The molecule has 1 aromatic heterocycles. The van der Waals surface area contributed by atoms with Crippen LogP contribution in [0.3, 0.4) is 0 Å². The third kappa shape index (κ3) is 3.62. The van der Waals surface area contributed by atoms with E-state index in [0.717, 1.165) is 31.0 Å². The number of aryl methyl sites for hydroxylation is 1. The number of nitrogens with one attached hydrogen (secondary N) is 2. The summed E-state index contributed by atoms with van der Waals surface area (Å²) in [6.07, 6.45) is 6.06. The van der Waals surface area contributed by atoms with E-state index < -0.39 is 0 Å². The van der Waals surface area contributed by atoms with Gasteiger partial charge in [0.05, 0.1) is 17.6 Å². The highest BCUT2D eigenvalue weighted by Crippen LogP contribution is 2.35. The van der Waals surface area contributed by atoms with Crippen LogP contribution in [0.25, 0.3) is 5.57 Å². The Bertz CT molecular complexity index is 894. The first-order valence-corrected chi connectivity index (χ1v) is 8.27. The molecule has 0 saturated carbocycles. The number of aromatic nitrogens is 1. The highest BCUT2D eigenvalue weighted by atomic mass is 16.1. The third-order valence-electron chi connectivity index (χ3n) is 4.23. The van der Waals surface area contributed by atoms with E-state index in [4.69, 9.17) is 0 Å². The fourth-order valence-corrected chi connectivity index (χ4v) is 2.98. The zero-order chi connectivity index (χ0) is 18.6. The summed E-state index contributed by atoms with van der Waals surface area (Å²) in [5, 5.41) is 2.80. The average Bonchev–Trinajstić information content (AvgIpc) is 2.56. The number of rotatable bonds is 6. The monoisotopic (exact) mass is 338 g/mol. The molecule has 0 saturated heterocycles. The summed E-state index contributed by atoms with van der Waals surface area (Å²) >= 11 is 0. The number of Topliss-reactive ketones (excluding diaryl/α,β-unsaturated/α-hetero) is 1. The van der Waals surface area contributed by atoms with Gasteiger partial charge in [-0.25, -0.2) is 4.79 Å². The number of hydrogen-bond acceptors (Lipinski definition) is 4. The van der Waals surface area contributed by atoms with Crippen LogP contribution in [-0.2, 0) is 4.79 Å². The number of fused-ring (bicyclic) bond motifs is 1. The first-order chi connectivity index (χ1) is 11.9. The number of unbranched alkanes of at least 4 members (excludes halogenated alkanes) is 2. The highest BCUT2D eigenvalue weighted by molar-refractivity contribution is 6.19. The number of H-pyrrole nitrogens is 1. The molecule has 5 heteroatoms. The van der Waals surface area contributed by atoms with Gasteiger partial charge in [0.15, 0.2) is 5.78 Å². The molecule has 0 aromatic carbocycles. The number of carbonyl (C=O) groups is 1. The molecule has 1 heterocycles. The maximum atomic E-state index is 13.1. The minimum atomic E-state index is -0.297. The van der Waals surface area contributed by atoms with Crippen molar-refractivity contribution in [3.8, 4) is 0 Å². The lowest BCUT2D eigenvalue weighted by molar-refractivity contribution is 0.103. The van der Waals surface area contributed by atoms with Crippen molar-refractivity contribution in [3.05, 3.63) is 68.9 Å². The van der Waals surface area contributed by atoms with E-state index in [1.165, 1.54) is 6.07 Å². The van der Waals surface area contributed by atoms with Crippen molar-refractivity contribution in [1.82, 2.24) is 10.3 Å². The molecule has 0 unspecified atom stereocenters. The number of hydrogen-bond donors (Lipinski definition) is 2. The van der Waals surface area contributed by atoms with Gasteiger partial charge in [-0.15, -0.1) is 0 Å². The van der Waals surface area contributed by atoms with Crippen LogP contribution in [-0.4, -0.2) is 16.7 Å². The molecule has 1 aromatic rings. The molecule has 0 aliphatic heterocycles. The van der Waals surface area contributed by atoms with E-state index in [-0.39, 0.29) is 11.3 Å². The standard InChI is InChI=1S/C20H22N2O3/c1-5-6-7-8-12(2)16-18(21-9-10-23)14(4)19-17(20(16)25)13(3)11-15(24)22-19/h8-9,11,21H,4-7H2,1-3H3,(H,22,24)/b12-8-. The quantitative estimate of drug-likeness (QED) is 0.616. The second-order valence-electron chi connectivity index (χ2n) is 6.06. The Morgan fingerprint density at radius 3 is 2.76 bits per heavy atom. The summed E-state index contributed by atoms with van der Waals surface area (Å²) in [6.45, 7) is 9.72. The molecule has 0 atom stereocenters. The van der Waals surface area contributed by atoms with Crippen molar-refractivity contribution in [2.24, 2.45) is 0 Å². The Kier molecular flexibility index (Phi) is 5.73. The van der Waals surface area contributed by atoms with Gasteiger partial charge >= 0.3 is 0 Å². The van der Waals surface area contributed by atoms with Gasteiger partial charge in [-0.1, -0.05) is 32.4 Å². The normalized spacial score (nSPS) is 14.3. The Morgan fingerprint density at radius 2 is 2.12 bits per heavy atom. The van der Waals surface area contributed by atoms with E-state index in [1.807, 2.05) is 13.0 Å². The Balaban J connectivity index is 2.67. The smallest absolute Gasteiger partial charge is 0.248 e. The van der Waals surface area contributed by atoms with Crippen LogP contribution in [0.5, 0.6) is 0 Å². The van der Waals surface area contributed by atoms with Gasteiger partial charge in [0, 0.05) is 22.8 Å². The number of pyridine rings is 1. The molecule has 0 fully saturated rings. The largest absolute Gasteiger partial charge is 0.351 e. The Morgan fingerprint density at radius 1 is 1.40 bits per heavy atom. The number of allylic oxidation sites excluding steroid dienone is 4. The topological polar surface area (TPSA) is 79.0 Å². The molecule has 5 nitrogen and oxygen atoms in total. The van der Waals surface area contributed by atoms with Crippen molar-refractivity contribution in [2.45, 2.75) is 40.0 Å². The predicted molar refractivity (Wildman–Crippen MR) is 98.9 cm³/mol. The number of carbonyl (C=O) groups excluding carboxylic acids is 2. The molecule has 130 valence electrons. The van der Waals surface area contributed by atoms with Crippen molar-refractivity contribution in [1.29, 1.82) is 0 Å². The molecule has 0 radical (unpaired) electrons. The molecule has 25 heavy (non-hydrogen) atoms. The minimum absolute atomic E-state index is 0.191. The van der Waals surface area contributed by atoms with Crippen molar-refractivity contribution in [2.75, 3.05) is 0 Å². The fourth-order valence-electron chi connectivity index (χ4n) is 2.98. The van der Waals surface area contributed by atoms with Gasteiger partial charge < -0.3 is 10.3 Å². The van der Waals surface area contributed by atoms with Crippen LogP contribution in [0.4, 0.5) is 0 Å². The molecule has 0 spiro atoms. The van der Waals surface area contributed by atoms with Crippen molar-refractivity contribution < 1.29 is 9.59 Å². The van der Waals surface area contributed by atoms with Gasteiger partial charge in [-0.2, -0.15) is 0 Å². The van der Waals surface area contributed by atoms with E-state index in [9.17, 15) is 14.4 Å². The molecule has 2 N–H and O–H groups in total. The van der Waals surface area contributed by atoms with Crippen molar-refractivity contribution >= 4 is 17.3 Å². The maximum absolute atomic E-state index is 13.1. The van der Waals surface area contributed by atoms with Crippen molar-refractivity contribution in [3.63, 3.8) is 0 Å². The fraction of sp³-hybridized carbons (Fsp3) is 0.300. The molecule has 1 aliphatic rings. The van der Waals surface area contributed by atoms with Gasteiger partial charge in [-0.05, 0) is 31.4 Å². The van der Waals surface area contributed by atoms with E-state index >= 15 is 0 Å². The summed E-state index contributed by atoms with van der Waals surface area (Å²) in [5.74, 6) is 1.45. The summed E-state index contributed by atoms with van der Waals surface area (Å²) in [7, 11) is 0. The summed E-state index contributed by atoms with van der Waals surface area (Å²) in [6, 6.07) is 1.40. The van der Waals surface area contributed by atoms with E-state index in [2.05, 4.69) is 23.8 Å². The van der Waals surface area contributed by atoms with Crippen LogP contribution in [0.15, 0.2) is 46.6 Å². The van der Waals surface area contributed by atoms with E-state index in [0.29, 0.717) is 33.7 Å². The van der Waals surface area contributed by atoms with Crippen LogP contribution in [0.2, 0.25) is 0 Å². The van der Waals surface area contributed by atoms with Crippen LogP contribution >= 0.6 is 0 Å².